The molecule has 0 radical (unpaired) electrons. The van der Waals surface area contributed by atoms with Crippen LogP contribution in [0.3, 0.4) is 0 Å². The fraction of sp³-hybridized carbons (Fsp3) is 0.727. The molecule has 13 heteroatoms. The van der Waals surface area contributed by atoms with Crippen LogP contribution in [-0.4, -0.2) is 88.9 Å². The Labute approximate surface area is 205 Å². The largest absolute Gasteiger partial charge is 0.464 e. The first-order chi connectivity index (χ1) is 16.3. The van der Waals surface area contributed by atoms with Crippen LogP contribution in [0.2, 0.25) is 0 Å². The van der Waals surface area contributed by atoms with Gasteiger partial charge in [0.1, 0.15) is 24.2 Å². The van der Waals surface area contributed by atoms with Crippen LogP contribution in [0.1, 0.15) is 61.3 Å². The Hall–Kier alpha value is -3.38. The molecule has 0 spiro atoms. The topological polar surface area (TPSA) is 166 Å². The van der Waals surface area contributed by atoms with Gasteiger partial charge in [0.15, 0.2) is 0 Å². The Kier molecular flexibility index (Phi) is 11.4. The maximum absolute atomic E-state index is 13.0. The highest BCUT2D eigenvalue weighted by atomic mass is 16.5. The van der Waals surface area contributed by atoms with E-state index in [1.807, 2.05) is 0 Å². The van der Waals surface area contributed by atoms with Gasteiger partial charge in [-0.1, -0.05) is 0 Å². The number of carbonyl (C=O) groups excluding carboxylic acids is 6. The van der Waals surface area contributed by atoms with E-state index in [-0.39, 0.29) is 12.5 Å². The van der Waals surface area contributed by atoms with Gasteiger partial charge in [-0.2, -0.15) is 0 Å². The number of rotatable bonds is 9. The second-order valence-electron chi connectivity index (χ2n) is 8.71. The van der Waals surface area contributed by atoms with Gasteiger partial charge in [-0.25, -0.2) is 14.6 Å². The number of hydrogen-bond donors (Lipinski definition) is 4. The minimum absolute atomic E-state index is 0.167. The molecule has 35 heavy (non-hydrogen) atoms. The van der Waals surface area contributed by atoms with Crippen molar-refractivity contribution < 1.29 is 33.5 Å². The number of urea groups is 1. The molecule has 1 rings (SSSR count). The van der Waals surface area contributed by atoms with Crippen molar-refractivity contribution in [1.82, 2.24) is 31.3 Å². The molecule has 1 heterocycles. The van der Waals surface area contributed by atoms with Gasteiger partial charge in [0, 0.05) is 19.5 Å². The summed E-state index contributed by atoms with van der Waals surface area (Å²) in [5, 5.41) is 8.52. The van der Waals surface area contributed by atoms with Crippen molar-refractivity contribution in [3.63, 3.8) is 0 Å². The van der Waals surface area contributed by atoms with E-state index >= 15 is 0 Å². The Bertz CT molecular complexity index is 818. The van der Waals surface area contributed by atoms with Crippen molar-refractivity contribution in [2.75, 3.05) is 13.2 Å². The van der Waals surface area contributed by atoms with Gasteiger partial charge in [-0.05, 0) is 54.4 Å². The summed E-state index contributed by atoms with van der Waals surface area (Å²) in [7, 11) is 0. The molecule has 1 fully saturated rings. The van der Waals surface area contributed by atoms with Gasteiger partial charge in [0.2, 0.25) is 17.7 Å². The van der Waals surface area contributed by atoms with E-state index in [0.717, 1.165) is 5.01 Å². The summed E-state index contributed by atoms with van der Waals surface area (Å²) in [6.07, 6.45) is 0.952. The second-order valence-corrected chi connectivity index (χ2v) is 8.71. The third-order valence-corrected chi connectivity index (χ3v) is 5.33. The Morgan fingerprint density at radius 2 is 1.57 bits per heavy atom. The third kappa shape index (κ3) is 8.72. The lowest BCUT2D eigenvalue weighted by molar-refractivity contribution is -0.145. The number of ether oxygens (including phenoxy) is 1. The van der Waals surface area contributed by atoms with Gasteiger partial charge >= 0.3 is 12.0 Å². The molecule has 0 unspecified atom stereocenters. The molecule has 13 nitrogen and oxygen atoms in total. The summed E-state index contributed by atoms with van der Waals surface area (Å²) >= 11 is 0. The summed E-state index contributed by atoms with van der Waals surface area (Å²) in [5.41, 5.74) is 2.54. The highest BCUT2D eigenvalue weighted by Gasteiger charge is 2.38. The van der Waals surface area contributed by atoms with Crippen LogP contribution in [0.4, 0.5) is 4.79 Å². The lowest BCUT2D eigenvalue weighted by Crippen LogP contribution is -2.60. The van der Waals surface area contributed by atoms with E-state index in [1.54, 1.807) is 20.8 Å². The average molecular weight is 499 g/mol. The van der Waals surface area contributed by atoms with E-state index < -0.39 is 59.9 Å². The zero-order valence-corrected chi connectivity index (χ0v) is 21.5. The summed E-state index contributed by atoms with van der Waals surface area (Å²) in [6, 6.07) is -4.66. The number of hydrazine groups is 1. The number of carbonyl (C=O) groups is 6. The van der Waals surface area contributed by atoms with E-state index in [1.165, 1.54) is 32.6 Å². The third-order valence-electron chi connectivity index (χ3n) is 5.33. The van der Waals surface area contributed by atoms with Crippen molar-refractivity contribution >= 4 is 35.6 Å². The average Bonchev–Trinajstić information content (AvgIpc) is 3.25. The first-order valence-electron chi connectivity index (χ1n) is 11.7. The van der Waals surface area contributed by atoms with Gasteiger partial charge in [-0.15, -0.1) is 0 Å². The van der Waals surface area contributed by atoms with Crippen LogP contribution in [0.15, 0.2) is 0 Å². The van der Waals surface area contributed by atoms with Crippen molar-refractivity contribution in [3.05, 3.63) is 0 Å². The maximum atomic E-state index is 13.0. The second kappa shape index (κ2) is 13.5. The first-order valence-corrected chi connectivity index (χ1v) is 11.7. The van der Waals surface area contributed by atoms with E-state index in [0.29, 0.717) is 19.4 Å². The molecule has 1 aliphatic rings. The van der Waals surface area contributed by atoms with Crippen molar-refractivity contribution in [1.29, 1.82) is 0 Å². The quantitative estimate of drug-likeness (QED) is 0.243. The molecule has 4 atom stereocenters. The minimum Gasteiger partial charge on any atom is -0.464 e. The standard InChI is InChI=1S/C22H38N6O7/c1-8-35-21(33)15(6)25-22(34)28(12(2)3)26-19(31)17-10-9-11-27(17)20(32)14(5)24-18(30)13(4)23-16(7)29/h12-15,17H,8-11H2,1-7H3,(H,23,29)(H,24,30)(H,25,34)(H,26,31)/t13-,14-,15-,17-/m0/s1. The number of esters is 1. The Morgan fingerprint density at radius 1 is 0.943 bits per heavy atom. The molecular weight excluding hydrogens is 460 g/mol. The van der Waals surface area contributed by atoms with Crippen LogP contribution < -0.4 is 21.4 Å². The van der Waals surface area contributed by atoms with Crippen LogP contribution in [-0.2, 0) is 28.7 Å². The maximum Gasteiger partial charge on any atom is 0.337 e. The molecule has 6 amide bonds. The molecule has 198 valence electrons. The molecule has 0 aromatic heterocycles. The highest BCUT2D eigenvalue weighted by Crippen LogP contribution is 2.19. The smallest absolute Gasteiger partial charge is 0.337 e. The minimum atomic E-state index is -0.929. The van der Waals surface area contributed by atoms with Crippen LogP contribution in [0, 0.1) is 0 Å². The summed E-state index contributed by atoms with van der Waals surface area (Å²) in [5.74, 6) is -2.53. The molecule has 0 aliphatic carbocycles. The van der Waals surface area contributed by atoms with Crippen LogP contribution in [0.5, 0.6) is 0 Å². The number of amides is 6. The Morgan fingerprint density at radius 3 is 2.11 bits per heavy atom. The van der Waals surface area contributed by atoms with Crippen LogP contribution >= 0.6 is 0 Å². The predicted molar refractivity (Wildman–Crippen MR) is 125 cm³/mol. The molecule has 0 aromatic rings. The van der Waals surface area contributed by atoms with Crippen molar-refractivity contribution in [3.8, 4) is 0 Å². The van der Waals surface area contributed by atoms with Crippen molar-refractivity contribution in [2.24, 2.45) is 0 Å². The molecular formula is C22H38N6O7. The zero-order chi connectivity index (χ0) is 26.9. The van der Waals surface area contributed by atoms with Gasteiger partial charge in [-0.3, -0.25) is 24.6 Å². The van der Waals surface area contributed by atoms with Gasteiger partial charge < -0.3 is 25.6 Å². The first kappa shape index (κ1) is 29.7. The van der Waals surface area contributed by atoms with E-state index in [9.17, 15) is 28.8 Å². The molecule has 1 saturated heterocycles. The molecule has 0 aromatic carbocycles. The molecule has 0 bridgehead atoms. The fourth-order valence-corrected chi connectivity index (χ4v) is 3.51. The predicted octanol–water partition coefficient (Wildman–Crippen LogP) is -0.590. The van der Waals surface area contributed by atoms with Crippen LogP contribution in [0.25, 0.3) is 0 Å². The van der Waals surface area contributed by atoms with Crippen molar-refractivity contribution in [2.45, 2.75) is 91.5 Å². The van der Waals surface area contributed by atoms with Gasteiger partial charge in [0.05, 0.1) is 6.61 Å². The SMILES string of the molecule is CCOC(=O)[C@H](C)NC(=O)N(NC(=O)[C@@H]1CCCN1C(=O)[C@H](C)NC(=O)[C@H](C)NC(C)=O)C(C)C. The fourth-order valence-electron chi connectivity index (χ4n) is 3.51. The number of nitrogens with one attached hydrogen (secondary N) is 4. The number of likely N-dealkylation sites (tertiary alicyclic amines) is 1. The lowest BCUT2D eigenvalue weighted by atomic mass is 10.2. The van der Waals surface area contributed by atoms with Gasteiger partial charge in [0.25, 0.3) is 5.91 Å². The molecule has 1 aliphatic heterocycles. The summed E-state index contributed by atoms with van der Waals surface area (Å²) in [4.78, 5) is 75.2. The normalized spacial score (nSPS) is 17.6. The monoisotopic (exact) mass is 498 g/mol. The summed E-state index contributed by atoms with van der Waals surface area (Å²) < 4.78 is 4.88. The highest BCUT2D eigenvalue weighted by molar-refractivity contribution is 5.94. The molecule has 0 saturated carbocycles. The number of hydrogen-bond acceptors (Lipinski definition) is 7. The zero-order valence-electron chi connectivity index (χ0n) is 21.5. The number of nitrogens with zero attached hydrogens (tertiary/aromatic N) is 2. The van der Waals surface area contributed by atoms with E-state index in [4.69, 9.17) is 4.74 Å². The Balaban J connectivity index is 2.82. The summed E-state index contributed by atoms with van der Waals surface area (Å²) in [6.45, 7) is 11.2. The lowest BCUT2D eigenvalue weighted by Gasteiger charge is -2.32. The van der Waals surface area contributed by atoms with E-state index in [2.05, 4.69) is 21.4 Å². The molecule has 4 N–H and O–H groups in total.